The van der Waals surface area contributed by atoms with Crippen LogP contribution in [0.1, 0.15) is 20.1 Å². The molecule has 1 aromatic carbocycles. The van der Waals surface area contributed by atoms with Crippen molar-refractivity contribution in [2.45, 2.75) is 17.9 Å². The lowest BCUT2D eigenvalue weighted by Gasteiger charge is -2.10. The van der Waals surface area contributed by atoms with Gasteiger partial charge in [-0.2, -0.15) is 0 Å². The van der Waals surface area contributed by atoms with E-state index in [9.17, 15) is 13.2 Å². The second-order valence-corrected chi connectivity index (χ2v) is 8.43. The summed E-state index contributed by atoms with van der Waals surface area (Å²) in [6.07, 6.45) is 0.813. The first kappa shape index (κ1) is 18.0. The van der Waals surface area contributed by atoms with E-state index < -0.39 is 10.0 Å². The minimum atomic E-state index is -3.64. The number of amides is 1. The van der Waals surface area contributed by atoms with Crippen LogP contribution in [0.2, 0.25) is 0 Å². The number of nitrogens with two attached hydrogens (primary N) is 1. The van der Waals surface area contributed by atoms with Crippen LogP contribution in [0.3, 0.4) is 0 Å². The van der Waals surface area contributed by atoms with Gasteiger partial charge in [-0.15, -0.1) is 11.3 Å². The molecule has 2 aromatic rings. The number of carbonyl (C=O) groups is 1. The molecule has 0 bridgehead atoms. The lowest BCUT2D eigenvalue weighted by Crippen LogP contribution is -2.29. The molecule has 1 amide bonds. The topological polar surface area (TPSA) is 111 Å². The van der Waals surface area contributed by atoms with Gasteiger partial charge in [-0.1, -0.05) is 6.07 Å². The summed E-state index contributed by atoms with van der Waals surface area (Å²) in [7, 11) is -3.64. The molecule has 0 atom stereocenters. The van der Waals surface area contributed by atoms with E-state index >= 15 is 0 Å². The minimum absolute atomic E-state index is 0.0811. The Labute approximate surface area is 150 Å². The maximum atomic E-state index is 12.4. The first-order valence-corrected chi connectivity index (χ1v) is 10.1. The van der Waals surface area contributed by atoms with Crippen LogP contribution in [0.5, 0.6) is 0 Å². The van der Waals surface area contributed by atoms with E-state index in [4.69, 9.17) is 10.5 Å². The first-order chi connectivity index (χ1) is 12.0. The van der Waals surface area contributed by atoms with E-state index in [1.807, 2.05) is 6.07 Å². The summed E-state index contributed by atoms with van der Waals surface area (Å²) < 4.78 is 32.1. The number of hydrogen-bond acceptors (Lipinski definition) is 6. The Bertz CT molecular complexity index is 854. The summed E-state index contributed by atoms with van der Waals surface area (Å²) in [6, 6.07) is 7.96. The van der Waals surface area contributed by atoms with Crippen LogP contribution < -0.4 is 15.8 Å². The van der Waals surface area contributed by atoms with Crippen molar-refractivity contribution < 1.29 is 17.9 Å². The van der Waals surface area contributed by atoms with Crippen LogP contribution in [0.4, 0.5) is 5.69 Å². The predicted molar refractivity (Wildman–Crippen MR) is 96.3 cm³/mol. The van der Waals surface area contributed by atoms with Crippen molar-refractivity contribution in [2.24, 2.45) is 5.73 Å². The lowest BCUT2D eigenvalue weighted by molar-refractivity contribution is 0.102. The van der Waals surface area contributed by atoms with E-state index in [-0.39, 0.29) is 23.9 Å². The van der Waals surface area contributed by atoms with E-state index in [1.165, 1.54) is 28.3 Å². The number of rotatable bonds is 6. The van der Waals surface area contributed by atoms with E-state index in [0.29, 0.717) is 23.8 Å². The van der Waals surface area contributed by atoms with Gasteiger partial charge >= 0.3 is 0 Å². The third-order valence-electron chi connectivity index (χ3n) is 3.69. The van der Waals surface area contributed by atoms with Gasteiger partial charge in [0, 0.05) is 30.1 Å². The highest BCUT2D eigenvalue weighted by Crippen LogP contribution is 2.27. The Hall–Kier alpha value is -1.78. The molecule has 3 rings (SSSR count). The smallest absolute Gasteiger partial charge is 0.265 e. The molecule has 9 heteroatoms. The van der Waals surface area contributed by atoms with E-state index in [0.717, 1.165) is 12.0 Å². The Morgan fingerprint density at radius 1 is 1.32 bits per heavy atom. The van der Waals surface area contributed by atoms with Crippen molar-refractivity contribution in [3.63, 3.8) is 0 Å². The number of benzene rings is 1. The van der Waals surface area contributed by atoms with E-state index in [2.05, 4.69) is 10.0 Å². The largest absolute Gasteiger partial charge is 0.376 e. The predicted octanol–water partition coefficient (Wildman–Crippen LogP) is 1.31. The number of thiophene rings is 1. The Morgan fingerprint density at radius 3 is 2.92 bits per heavy atom. The molecule has 0 saturated heterocycles. The van der Waals surface area contributed by atoms with Crippen molar-refractivity contribution in [3.05, 3.63) is 45.6 Å². The van der Waals surface area contributed by atoms with Crippen LogP contribution in [0.15, 0.2) is 35.2 Å². The fourth-order valence-corrected chi connectivity index (χ4v) is 4.61. The number of anilines is 1. The molecule has 0 radical (unpaired) electrons. The zero-order chi connectivity index (χ0) is 17.9. The van der Waals surface area contributed by atoms with Crippen LogP contribution in [-0.4, -0.2) is 34.0 Å². The molecular formula is C16H19N3O4S2. The monoisotopic (exact) mass is 381 g/mol. The zero-order valence-electron chi connectivity index (χ0n) is 13.4. The second kappa shape index (κ2) is 7.63. The van der Waals surface area contributed by atoms with Gasteiger partial charge in [0.1, 0.15) is 0 Å². The van der Waals surface area contributed by atoms with Crippen molar-refractivity contribution >= 4 is 33.0 Å². The van der Waals surface area contributed by atoms with Crippen molar-refractivity contribution in [2.75, 3.05) is 25.0 Å². The highest BCUT2D eigenvalue weighted by atomic mass is 32.2. The average Bonchev–Trinajstić information content (AvgIpc) is 3.04. The van der Waals surface area contributed by atoms with Crippen molar-refractivity contribution in [1.82, 2.24) is 4.72 Å². The highest BCUT2D eigenvalue weighted by Gasteiger charge is 2.18. The Kier molecular flexibility index (Phi) is 5.50. The number of nitrogens with one attached hydrogen (secondary N) is 2. The summed E-state index contributed by atoms with van der Waals surface area (Å²) in [5.74, 6) is -0.260. The number of ether oxygens (including phenoxy) is 1. The third-order valence-corrected chi connectivity index (χ3v) is 6.38. The molecule has 0 unspecified atom stereocenters. The van der Waals surface area contributed by atoms with Crippen molar-refractivity contribution in [1.29, 1.82) is 0 Å². The van der Waals surface area contributed by atoms with Gasteiger partial charge in [0.2, 0.25) is 10.0 Å². The highest BCUT2D eigenvalue weighted by molar-refractivity contribution is 7.89. The molecule has 4 N–H and O–H groups in total. The summed E-state index contributed by atoms with van der Waals surface area (Å²) in [5, 5.41) is 2.75. The molecular weight excluding hydrogens is 362 g/mol. The second-order valence-electron chi connectivity index (χ2n) is 5.53. The molecule has 0 aliphatic carbocycles. The quantitative estimate of drug-likeness (QED) is 0.699. The summed E-state index contributed by atoms with van der Waals surface area (Å²) in [5.41, 5.74) is 6.79. The SMILES string of the molecule is NCCNS(=O)(=O)c1cccc(NC(=O)c2cc3c(s2)CCOC3)c1. The minimum Gasteiger partial charge on any atom is -0.376 e. The molecule has 1 aliphatic heterocycles. The third kappa shape index (κ3) is 4.25. The van der Waals surface area contributed by atoms with Gasteiger partial charge in [0.05, 0.1) is 23.0 Å². The summed E-state index contributed by atoms with van der Waals surface area (Å²) >= 11 is 1.45. The molecule has 25 heavy (non-hydrogen) atoms. The van der Waals surface area contributed by atoms with Crippen LogP contribution >= 0.6 is 11.3 Å². The molecule has 2 heterocycles. The van der Waals surface area contributed by atoms with E-state index in [1.54, 1.807) is 12.1 Å². The summed E-state index contributed by atoms with van der Waals surface area (Å²) in [4.78, 5) is 14.3. The molecule has 7 nitrogen and oxygen atoms in total. The van der Waals surface area contributed by atoms with Gasteiger partial charge in [-0.05, 0) is 29.8 Å². The van der Waals surface area contributed by atoms with Gasteiger partial charge in [0.25, 0.3) is 5.91 Å². The average molecular weight is 381 g/mol. The van der Waals surface area contributed by atoms with Crippen molar-refractivity contribution in [3.8, 4) is 0 Å². The molecule has 1 aliphatic rings. The van der Waals surface area contributed by atoms with Crippen LogP contribution in [0.25, 0.3) is 0 Å². The van der Waals surface area contributed by atoms with Crippen LogP contribution in [-0.2, 0) is 27.8 Å². The Morgan fingerprint density at radius 2 is 2.16 bits per heavy atom. The maximum absolute atomic E-state index is 12.4. The normalized spacial score (nSPS) is 14.1. The first-order valence-electron chi connectivity index (χ1n) is 7.80. The molecule has 1 aromatic heterocycles. The number of carbonyl (C=O) groups excluding carboxylic acids is 1. The number of sulfonamides is 1. The van der Waals surface area contributed by atoms with Gasteiger partial charge < -0.3 is 15.8 Å². The van der Waals surface area contributed by atoms with Gasteiger partial charge in [-0.25, -0.2) is 13.1 Å². The standard InChI is InChI=1S/C16H19N3O4S2/c17-5-6-18-25(21,22)13-3-1-2-12(9-13)19-16(20)15-8-11-10-23-7-4-14(11)24-15/h1-3,8-9,18H,4-7,10,17H2,(H,19,20). The fraction of sp³-hybridized carbons (Fsp3) is 0.312. The van der Waals surface area contributed by atoms with Gasteiger partial charge in [0.15, 0.2) is 0 Å². The molecule has 134 valence electrons. The molecule has 0 saturated carbocycles. The Balaban J connectivity index is 1.75. The summed E-state index contributed by atoms with van der Waals surface area (Å²) in [6.45, 7) is 1.56. The van der Waals surface area contributed by atoms with Crippen LogP contribution in [0, 0.1) is 0 Å². The lowest BCUT2D eigenvalue weighted by atomic mass is 10.2. The zero-order valence-corrected chi connectivity index (χ0v) is 15.1. The van der Waals surface area contributed by atoms with Gasteiger partial charge in [-0.3, -0.25) is 4.79 Å². The maximum Gasteiger partial charge on any atom is 0.265 e. The fourth-order valence-electron chi connectivity index (χ4n) is 2.47. The number of fused-ring (bicyclic) bond motifs is 1. The molecule has 0 fully saturated rings. The number of hydrogen-bond donors (Lipinski definition) is 3. The molecule has 0 spiro atoms.